The van der Waals surface area contributed by atoms with Crippen LogP contribution in [0.2, 0.25) is 0 Å². The Bertz CT molecular complexity index is 2440. The van der Waals surface area contributed by atoms with Crippen LogP contribution in [0.25, 0.3) is 11.3 Å². The minimum atomic E-state index is -1.20. The van der Waals surface area contributed by atoms with Gasteiger partial charge in [-0.3, -0.25) is 48.9 Å². The number of benzene rings is 3. The number of aryl methyl sites for hydroxylation is 1. The topological polar surface area (TPSA) is 201 Å². The summed E-state index contributed by atoms with van der Waals surface area (Å²) >= 11 is 5.68. The summed E-state index contributed by atoms with van der Waals surface area (Å²) in [6.07, 6.45) is 1.88. The van der Waals surface area contributed by atoms with Gasteiger partial charge in [-0.15, -0.1) is 0 Å². The average molecular weight is 836 g/mol. The predicted octanol–water partition coefficient (Wildman–Crippen LogP) is 3.97. The van der Waals surface area contributed by atoms with Crippen LogP contribution in [-0.2, 0) is 24.0 Å². The monoisotopic (exact) mass is 835 g/mol. The van der Waals surface area contributed by atoms with Crippen molar-refractivity contribution in [1.82, 2.24) is 20.5 Å². The summed E-state index contributed by atoms with van der Waals surface area (Å²) < 4.78 is 31.9. The average Bonchev–Trinajstić information content (AvgIpc) is 3.41. The van der Waals surface area contributed by atoms with Crippen molar-refractivity contribution in [2.45, 2.75) is 45.2 Å². The van der Waals surface area contributed by atoms with Crippen LogP contribution in [0.4, 0.5) is 15.8 Å². The number of nitriles is 1. The van der Waals surface area contributed by atoms with E-state index in [1.165, 1.54) is 37.4 Å². The number of ether oxygens (including phenoxy) is 3. The number of nitrogens with one attached hydrogen (secondary N) is 2. The second-order valence-electron chi connectivity index (χ2n) is 14.1. The second-order valence-corrected chi connectivity index (χ2v) is 14.4. The molecule has 0 aliphatic carbocycles. The number of piperidine rings is 1. The van der Waals surface area contributed by atoms with E-state index in [2.05, 4.69) is 15.6 Å². The van der Waals surface area contributed by atoms with Gasteiger partial charge in [0.15, 0.2) is 23.3 Å². The van der Waals surface area contributed by atoms with E-state index in [9.17, 15) is 34.0 Å². The van der Waals surface area contributed by atoms with Gasteiger partial charge in [-0.1, -0.05) is 0 Å². The number of rotatable bonds is 14. The highest BCUT2D eigenvalue weighted by Crippen LogP contribution is 2.40. The van der Waals surface area contributed by atoms with Crippen molar-refractivity contribution in [1.29, 1.82) is 5.26 Å². The van der Waals surface area contributed by atoms with Gasteiger partial charge in [0.05, 0.1) is 42.5 Å². The highest BCUT2D eigenvalue weighted by molar-refractivity contribution is 7.81. The largest absolute Gasteiger partial charge is 0.492 e. The molecule has 3 heterocycles. The number of amides is 6. The van der Waals surface area contributed by atoms with Gasteiger partial charge in [-0.2, -0.15) is 5.26 Å². The lowest BCUT2D eigenvalue weighted by atomic mass is 10.0. The quantitative estimate of drug-likeness (QED) is 0.0801. The Morgan fingerprint density at radius 1 is 1.08 bits per heavy atom. The standard InChI is InChI=1S/C42H38FN7O9S/c1-24-19-29(11-12-30(24)39(55)48(23-51)33-15-16-34(52)47-38(33)54)59-22-35(53)45-17-18-58-28-9-5-25(6-10-28)31-13-8-27(21-46-31)50-41(60)49(40(56)42(50,2)3)32-14-7-26(20-44)37(57-4)36(32)43/h5-14,19,21,23,33H,15-18,22H2,1-4H3,(H,45,53)(H,47,52,54). The first-order valence-electron chi connectivity index (χ1n) is 18.5. The molecule has 0 saturated carbocycles. The minimum absolute atomic E-state index is 0.00627. The molecule has 2 aliphatic rings. The number of hydrogen-bond donors (Lipinski definition) is 2. The van der Waals surface area contributed by atoms with Crippen LogP contribution in [0.5, 0.6) is 17.2 Å². The molecule has 308 valence electrons. The van der Waals surface area contributed by atoms with Crippen LogP contribution >= 0.6 is 12.2 Å². The lowest BCUT2D eigenvalue weighted by Gasteiger charge is -2.29. The number of aromatic nitrogens is 1. The van der Waals surface area contributed by atoms with Gasteiger partial charge in [-0.05, 0) is 112 Å². The molecule has 1 aromatic heterocycles. The Morgan fingerprint density at radius 3 is 2.45 bits per heavy atom. The molecule has 60 heavy (non-hydrogen) atoms. The Morgan fingerprint density at radius 2 is 1.82 bits per heavy atom. The summed E-state index contributed by atoms with van der Waals surface area (Å²) in [6.45, 7) is 4.99. The van der Waals surface area contributed by atoms with Gasteiger partial charge < -0.3 is 24.4 Å². The lowest BCUT2D eigenvalue weighted by molar-refractivity contribution is -0.139. The smallest absolute Gasteiger partial charge is 0.261 e. The third-order valence-corrected chi connectivity index (χ3v) is 10.2. The van der Waals surface area contributed by atoms with Crippen molar-refractivity contribution in [3.8, 4) is 34.6 Å². The Hall–Kier alpha value is -7.26. The van der Waals surface area contributed by atoms with Crippen molar-refractivity contribution in [2.24, 2.45) is 0 Å². The first-order chi connectivity index (χ1) is 28.7. The molecule has 6 rings (SSSR count). The van der Waals surface area contributed by atoms with Crippen molar-refractivity contribution in [3.05, 3.63) is 95.4 Å². The van der Waals surface area contributed by atoms with Crippen molar-refractivity contribution < 1.29 is 47.4 Å². The number of carbonyl (C=O) groups is 6. The molecular formula is C42H38FN7O9S. The van der Waals surface area contributed by atoms with E-state index in [0.29, 0.717) is 28.4 Å². The maximum absolute atomic E-state index is 15.5. The Kier molecular flexibility index (Phi) is 12.5. The molecule has 1 unspecified atom stereocenters. The molecule has 1 atom stereocenters. The van der Waals surface area contributed by atoms with E-state index in [0.717, 1.165) is 15.4 Å². The molecule has 4 aromatic rings. The molecule has 0 radical (unpaired) electrons. The van der Waals surface area contributed by atoms with Crippen LogP contribution in [0.1, 0.15) is 48.2 Å². The fourth-order valence-corrected chi connectivity index (χ4v) is 7.25. The summed E-state index contributed by atoms with van der Waals surface area (Å²) in [5.41, 5.74) is 1.17. The van der Waals surface area contributed by atoms with E-state index >= 15 is 4.39 Å². The number of hydrogen-bond acceptors (Lipinski definition) is 12. The predicted molar refractivity (Wildman–Crippen MR) is 218 cm³/mol. The normalized spacial score (nSPS) is 15.8. The van der Waals surface area contributed by atoms with Gasteiger partial charge >= 0.3 is 0 Å². The van der Waals surface area contributed by atoms with Crippen LogP contribution in [-0.4, -0.2) is 89.4 Å². The first-order valence-corrected chi connectivity index (χ1v) is 18.9. The van der Waals surface area contributed by atoms with E-state index < -0.39 is 46.9 Å². The molecule has 2 saturated heterocycles. The summed E-state index contributed by atoms with van der Waals surface area (Å²) in [6, 6.07) is 18.5. The number of methoxy groups -OCH3 is 1. The van der Waals surface area contributed by atoms with Crippen molar-refractivity contribution >= 4 is 64.7 Å². The van der Waals surface area contributed by atoms with E-state index in [4.69, 9.17) is 26.4 Å². The molecule has 2 N–H and O–H groups in total. The number of halogens is 1. The highest BCUT2D eigenvalue weighted by atomic mass is 32.1. The molecule has 3 aromatic carbocycles. The highest BCUT2D eigenvalue weighted by Gasteiger charge is 2.51. The van der Waals surface area contributed by atoms with E-state index in [1.54, 1.807) is 56.1 Å². The van der Waals surface area contributed by atoms with Crippen LogP contribution in [0.3, 0.4) is 0 Å². The number of thiocarbonyl (C=S) groups is 1. The SMILES string of the molecule is COc1c(C#N)ccc(N2C(=O)C(C)(C)N(c3ccc(-c4ccc(OCCNC(=O)COc5ccc(C(=O)N(C=O)C6CCC(=O)NC6=O)c(C)c5)cc4)nc3)C2=S)c1F. The summed E-state index contributed by atoms with van der Waals surface area (Å²) in [5.74, 6) is -3.08. The number of nitrogens with zero attached hydrogens (tertiary/aromatic N) is 5. The van der Waals surface area contributed by atoms with E-state index in [1.807, 2.05) is 18.2 Å². The zero-order valence-electron chi connectivity index (χ0n) is 32.8. The number of imide groups is 2. The van der Waals surface area contributed by atoms with Crippen LogP contribution < -0.4 is 34.6 Å². The van der Waals surface area contributed by atoms with Gasteiger partial charge in [-0.25, -0.2) is 4.39 Å². The number of anilines is 2. The molecule has 16 nitrogen and oxygen atoms in total. The minimum Gasteiger partial charge on any atom is -0.492 e. The molecular weight excluding hydrogens is 798 g/mol. The third-order valence-electron chi connectivity index (χ3n) is 9.85. The zero-order chi connectivity index (χ0) is 43.3. The van der Waals surface area contributed by atoms with Gasteiger partial charge in [0.25, 0.3) is 17.7 Å². The fraction of sp³-hybridized carbons (Fsp3) is 0.262. The van der Waals surface area contributed by atoms with Crippen LogP contribution in [0, 0.1) is 24.1 Å². The molecule has 0 spiro atoms. The lowest BCUT2D eigenvalue weighted by Crippen LogP contribution is -2.53. The van der Waals surface area contributed by atoms with Gasteiger partial charge in [0.1, 0.15) is 35.8 Å². The molecule has 0 bridgehead atoms. The number of pyridine rings is 1. The summed E-state index contributed by atoms with van der Waals surface area (Å²) in [4.78, 5) is 82.6. The second kappa shape index (κ2) is 17.7. The molecule has 2 fully saturated rings. The zero-order valence-corrected chi connectivity index (χ0v) is 33.6. The Balaban J connectivity index is 0.979. The molecule has 18 heteroatoms. The summed E-state index contributed by atoms with van der Waals surface area (Å²) in [7, 11) is 1.24. The van der Waals surface area contributed by atoms with Crippen LogP contribution in [0.15, 0.2) is 72.9 Å². The molecule has 2 aliphatic heterocycles. The van der Waals surface area contributed by atoms with E-state index in [-0.39, 0.29) is 66.7 Å². The van der Waals surface area contributed by atoms with Crippen molar-refractivity contribution in [3.63, 3.8) is 0 Å². The fourth-order valence-electron chi connectivity index (χ4n) is 6.73. The van der Waals surface area contributed by atoms with Gasteiger partial charge in [0.2, 0.25) is 18.2 Å². The summed E-state index contributed by atoms with van der Waals surface area (Å²) in [5, 5.41) is 14.2. The van der Waals surface area contributed by atoms with Crippen molar-refractivity contribution in [2.75, 3.05) is 36.7 Å². The third kappa shape index (κ3) is 8.47. The molecule has 6 amide bonds. The number of carbonyl (C=O) groups excluding carboxylic acids is 6. The maximum atomic E-state index is 15.5. The Labute approximate surface area is 348 Å². The maximum Gasteiger partial charge on any atom is 0.261 e. The van der Waals surface area contributed by atoms with Gasteiger partial charge in [0, 0.05) is 17.5 Å². The first kappa shape index (κ1) is 42.3.